The number of dihydropyridines is 1. The quantitative estimate of drug-likeness (QED) is 0.178. The molecule has 0 saturated carbocycles. The van der Waals surface area contributed by atoms with Crippen molar-refractivity contribution in [1.82, 2.24) is 24.9 Å². The molecule has 3 atom stereocenters. The van der Waals surface area contributed by atoms with Gasteiger partial charge in [-0.25, -0.2) is 0 Å². The molecule has 8 rings (SSSR count). The van der Waals surface area contributed by atoms with Crippen LogP contribution in [0.4, 0.5) is 0 Å². The highest BCUT2D eigenvalue weighted by Crippen LogP contribution is 2.48. The first-order valence-corrected chi connectivity index (χ1v) is 16.2. The molecule has 0 N–H and O–H groups in total. The van der Waals surface area contributed by atoms with Crippen molar-refractivity contribution in [3.63, 3.8) is 0 Å². The number of allylic oxidation sites excluding steroid dienone is 4. The zero-order chi connectivity index (χ0) is 32.1. The van der Waals surface area contributed by atoms with Crippen LogP contribution >= 0.6 is 0 Å². The van der Waals surface area contributed by atoms with Gasteiger partial charge in [0.05, 0.1) is 23.1 Å². The van der Waals surface area contributed by atoms with Crippen LogP contribution in [0.2, 0.25) is 0 Å². The molecule has 0 fully saturated rings. The van der Waals surface area contributed by atoms with E-state index >= 15 is 0 Å². The van der Waals surface area contributed by atoms with Crippen molar-refractivity contribution in [2.75, 3.05) is 0 Å². The molecule has 3 unspecified atom stereocenters. The van der Waals surface area contributed by atoms with E-state index in [0.717, 1.165) is 62.7 Å². The number of aliphatic imine (C=N–C) groups is 1. The van der Waals surface area contributed by atoms with E-state index in [1.54, 1.807) is 0 Å². The molecule has 0 saturated heterocycles. The van der Waals surface area contributed by atoms with Crippen molar-refractivity contribution < 1.29 is 0 Å². The van der Waals surface area contributed by atoms with Gasteiger partial charge < -0.3 is 0 Å². The first kappa shape index (κ1) is 29.3. The lowest BCUT2D eigenvalue weighted by atomic mass is 9.72. The Kier molecular flexibility index (Phi) is 8.11. The molecule has 1 aliphatic heterocycles. The van der Waals surface area contributed by atoms with Crippen LogP contribution in [0.5, 0.6) is 0 Å². The fourth-order valence-corrected chi connectivity index (χ4v) is 6.79. The van der Waals surface area contributed by atoms with E-state index in [1.807, 2.05) is 91.8 Å². The molecule has 0 spiro atoms. The Labute approximate surface area is 280 Å². The Morgan fingerprint density at radius 1 is 0.562 bits per heavy atom. The first-order valence-electron chi connectivity index (χ1n) is 16.2. The SMILES string of the molecule is C1=CCC(C2=CC(c3cc(-c4ccccn4)c(-c4ccccn4)c(-c4ccccn4)c3)=CC(c3ccccn3)C2c2ccccn2)N=C1. The summed E-state index contributed by atoms with van der Waals surface area (Å²) in [5.41, 5.74) is 10.9. The molecule has 6 heteroatoms. The normalized spacial score (nSPS) is 18.6. The largest absolute Gasteiger partial charge is 0.285 e. The van der Waals surface area contributed by atoms with Gasteiger partial charge in [-0.1, -0.05) is 48.6 Å². The summed E-state index contributed by atoms with van der Waals surface area (Å²) in [6.07, 6.45) is 20.9. The van der Waals surface area contributed by atoms with E-state index < -0.39 is 0 Å². The lowest BCUT2D eigenvalue weighted by Gasteiger charge is -2.34. The summed E-state index contributed by atoms with van der Waals surface area (Å²) in [5.74, 6) is -0.0962. The molecule has 6 heterocycles. The van der Waals surface area contributed by atoms with Gasteiger partial charge in [-0.15, -0.1) is 0 Å². The summed E-state index contributed by atoms with van der Waals surface area (Å²) < 4.78 is 0. The smallest absolute Gasteiger partial charge is 0.0753 e. The fourth-order valence-electron chi connectivity index (χ4n) is 6.79. The Bertz CT molecular complexity index is 2080. The predicted molar refractivity (Wildman–Crippen MR) is 192 cm³/mol. The van der Waals surface area contributed by atoms with Gasteiger partial charge in [0.15, 0.2) is 0 Å². The zero-order valence-electron chi connectivity index (χ0n) is 26.2. The molecule has 0 radical (unpaired) electrons. The van der Waals surface area contributed by atoms with Crippen LogP contribution in [0.15, 0.2) is 169 Å². The minimum atomic E-state index is -0.0655. The molecule has 1 aliphatic carbocycles. The van der Waals surface area contributed by atoms with Crippen molar-refractivity contribution in [2.45, 2.75) is 24.3 Å². The van der Waals surface area contributed by atoms with Gasteiger partial charge in [0, 0.05) is 77.1 Å². The maximum Gasteiger partial charge on any atom is 0.0753 e. The van der Waals surface area contributed by atoms with Crippen LogP contribution < -0.4 is 0 Å². The summed E-state index contributed by atoms with van der Waals surface area (Å²) in [5, 5.41) is 0. The molecule has 0 bridgehead atoms. The lowest BCUT2D eigenvalue weighted by Crippen LogP contribution is -2.25. The van der Waals surface area contributed by atoms with Crippen LogP contribution in [0.25, 0.3) is 39.3 Å². The van der Waals surface area contributed by atoms with E-state index in [4.69, 9.17) is 29.9 Å². The molecular weight excluding hydrogens is 589 g/mol. The summed E-state index contributed by atoms with van der Waals surface area (Å²) in [4.78, 5) is 29.2. The third kappa shape index (κ3) is 5.80. The number of hydrogen-bond acceptors (Lipinski definition) is 6. The topological polar surface area (TPSA) is 76.8 Å². The maximum absolute atomic E-state index is 4.99. The maximum atomic E-state index is 4.99. The number of aromatic nitrogens is 5. The molecule has 48 heavy (non-hydrogen) atoms. The van der Waals surface area contributed by atoms with Crippen LogP contribution in [0.1, 0.15) is 35.2 Å². The van der Waals surface area contributed by atoms with E-state index in [1.165, 1.54) is 5.57 Å². The predicted octanol–water partition coefficient (Wildman–Crippen LogP) is 8.95. The van der Waals surface area contributed by atoms with Crippen molar-refractivity contribution >= 4 is 11.8 Å². The van der Waals surface area contributed by atoms with Crippen LogP contribution in [-0.4, -0.2) is 37.2 Å². The third-order valence-corrected chi connectivity index (χ3v) is 8.94. The number of pyridine rings is 5. The van der Waals surface area contributed by atoms with Gasteiger partial charge in [0.2, 0.25) is 0 Å². The number of nitrogens with zero attached hydrogens (tertiary/aromatic N) is 6. The second-order valence-electron chi connectivity index (χ2n) is 11.8. The summed E-state index contributed by atoms with van der Waals surface area (Å²) >= 11 is 0. The van der Waals surface area contributed by atoms with Crippen molar-refractivity contribution in [3.8, 4) is 33.8 Å². The highest BCUT2D eigenvalue weighted by molar-refractivity contribution is 5.95. The number of hydrogen-bond donors (Lipinski definition) is 0. The summed E-state index contributed by atoms with van der Waals surface area (Å²) in [6, 6.07) is 34.8. The second kappa shape index (κ2) is 13.3. The monoisotopic (exact) mass is 620 g/mol. The van der Waals surface area contributed by atoms with Gasteiger partial charge in [0.1, 0.15) is 0 Å². The van der Waals surface area contributed by atoms with Gasteiger partial charge >= 0.3 is 0 Å². The summed E-state index contributed by atoms with van der Waals surface area (Å²) in [7, 11) is 0. The lowest BCUT2D eigenvalue weighted by molar-refractivity contribution is 0.598. The Morgan fingerprint density at radius 2 is 1.12 bits per heavy atom. The Balaban J connectivity index is 1.40. The molecule has 5 aromatic heterocycles. The minimum Gasteiger partial charge on any atom is -0.285 e. The fraction of sp³-hybridized carbons (Fsp3) is 0.0952. The molecular formula is C42H32N6. The molecule has 6 aromatic rings. The second-order valence-corrected chi connectivity index (χ2v) is 11.8. The Hall–Kier alpha value is -6.14. The molecule has 6 nitrogen and oxygen atoms in total. The number of benzene rings is 1. The average molecular weight is 621 g/mol. The van der Waals surface area contributed by atoms with Crippen LogP contribution in [0, 0.1) is 0 Å². The zero-order valence-corrected chi connectivity index (χ0v) is 26.2. The van der Waals surface area contributed by atoms with E-state index in [9.17, 15) is 0 Å². The molecule has 230 valence electrons. The highest BCUT2D eigenvalue weighted by atomic mass is 14.8. The first-order chi connectivity index (χ1) is 23.8. The van der Waals surface area contributed by atoms with Crippen molar-refractivity contribution in [2.24, 2.45) is 4.99 Å². The molecule has 1 aromatic carbocycles. The summed E-state index contributed by atoms with van der Waals surface area (Å²) in [6.45, 7) is 0. The highest BCUT2D eigenvalue weighted by Gasteiger charge is 2.36. The Morgan fingerprint density at radius 3 is 1.65 bits per heavy atom. The average Bonchev–Trinajstić information content (AvgIpc) is 3.19. The van der Waals surface area contributed by atoms with E-state index in [2.05, 4.69) is 72.8 Å². The van der Waals surface area contributed by atoms with Gasteiger partial charge in [-0.3, -0.25) is 29.9 Å². The van der Waals surface area contributed by atoms with Crippen LogP contribution in [0.3, 0.4) is 0 Å². The van der Waals surface area contributed by atoms with Crippen molar-refractivity contribution in [1.29, 1.82) is 0 Å². The van der Waals surface area contributed by atoms with Crippen LogP contribution in [-0.2, 0) is 0 Å². The molecule has 2 aliphatic rings. The van der Waals surface area contributed by atoms with Crippen molar-refractivity contribution in [3.05, 3.63) is 181 Å². The van der Waals surface area contributed by atoms with E-state index in [-0.39, 0.29) is 17.9 Å². The van der Waals surface area contributed by atoms with Gasteiger partial charge in [-0.05, 0) is 102 Å². The van der Waals surface area contributed by atoms with Gasteiger partial charge in [-0.2, -0.15) is 0 Å². The number of rotatable bonds is 7. The third-order valence-electron chi connectivity index (χ3n) is 8.94. The molecule has 0 amide bonds. The minimum absolute atomic E-state index is 0.0183. The standard InChI is InChI=1S/C42H32N6/c1-7-19-43-35(13-1)31-25-29(26-32(36-14-2-8-20-44-36)41(31)39-17-5-11-23-47-39)30-27-33(37-15-3-9-21-45-37)42(40-18-6-12-24-48-40)34(28-30)38-16-4-10-22-46-38/h1-15,17-28,33,38,42H,16H2. The van der Waals surface area contributed by atoms with Gasteiger partial charge in [0.25, 0.3) is 0 Å². The van der Waals surface area contributed by atoms with E-state index in [0.29, 0.717) is 0 Å².